The first-order valence-corrected chi connectivity index (χ1v) is 5.76. The van der Waals surface area contributed by atoms with Crippen LogP contribution in [-0.4, -0.2) is 43.3 Å². The van der Waals surface area contributed by atoms with Crippen LogP contribution in [0.25, 0.3) is 0 Å². The van der Waals surface area contributed by atoms with E-state index in [2.05, 4.69) is 5.32 Å². The van der Waals surface area contributed by atoms with Gasteiger partial charge in [0.25, 0.3) is 0 Å². The minimum absolute atomic E-state index is 0.295. The lowest BCUT2D eigenvalue weighted by Gasteiger charge is -2.35. The molecule has 0 spiro atoms. The fourth-order valence-electron chi connectivity index (χ4n) is 1.53. The average Bonchev–Trinajstić information content (AvgIpc) is 2.20. The van der Waals surface area contributed by atoms with Crippen LogP contribution in [0.15, 0.2) is 0 Å². The predicted octanol–water partition coefficient (Wildman–Crippen LogP) is 0.890. The van der Waals surface area contributed by atoms with E-state index >= 15 is 0 Å². The third-order valence-corrected chi connectivity index (χ3v) is 2.53. The summed E-state index contributed by atoms with van der Waals surface area (Å²) in [5.41, 5.74) is 0. The highest BCUT2D eigenvalue weighted by Crippen LogP contribution is 2.16. The molecule has 90 valence electrons. The Morgan fingerprint density at radius 3 is 2.47 bits per heavy atom. The number of rotatable bonds is 6. The highest BCUT2D eigenvalue weighted by molar-refractivity contribution is 4.72. The molecular weight excluding hydrogens is 194 g/mol. The molecule has 1 aliphatic rings. The number of unbranched alkanes of at least 4 members (excludes halogenated alkanes) is 2. The number of hydrogen-bond acceptors (Lipinski definition) is 4. The SMILES string of the molecule is CC1(C)OCC(NCCCCCO)CO1. The molecule has 15 heavy (non-hydrogen) atoms. The molecular formula is C11H23NO3. The number of aliphatic hydroxyl groups is 1. The first-order valence-electron chi connectivity index (χ1n) is 5.76. The number of hydrogen-bond donors (Lipinski definition) is 2. The fraction of sp³-hybridized carbons (Fsp3) is 1.00. The molecule has 1 rings (SSSR count). The van der Waals surface area contributed by atoms with E-state index in [4.69, 9.17) is 14.6 Å². The molecule has 0 aliphatic carbocycles. The van der Waals surface area contributed by atoms with Gasteiger partial charge in [-0.1, -0.05) is 0 Å². The molecule has 0 radical (unpaired) electrons. The summed E-state index contributed by atoms with van der Waals surface area (Å²) in [7, 11) is 0. The zero-order valence-electron chi connectivity index (χ0n) is 9.79. The maximum atomic E-state index is 8.61. The quantitative estimate of drug-likeness (QED) is 0.649. The maximum absolute atomic E-state index is 8.61. The smallest absolute Gasteiger partial charge is 0.162 e. The molecule has 0 saturated carbocycles. The molecule has 0 amide bonds. The Balaban J connectivity index is 1.99. The van der Waals surface area contributed by atoms with Gasteiger partial charge in [-0.2, -0.15) is 0 Å². The molecule has 0 aromatic carbocycles. The Bertz CT molecular complexity index is 163. The van der Waals surface area contributed by atoms with Crippen LogP contribution in [-0.2, 0) is 9.47 Å². The van der Waals surface area contributed by atoms with Crippen LogP contribution in [0.2, 0.25) is 0 Å². The second-order valence-corrected chi connectivity index (χ2v) is 4.46. The summed E-state index contributed by atoms with van der Waals surface area (Å²) >= 11 is 0. The summed E-state index contributed by atoms with van der Waals surface area (Å²) in [6.45, 7) is 6.57. The van der Waals surface area contributed by atoms with Gasteiger partial charge in [-0.25, -0.2) is 0 Å². The van der Waals surface area contributed by atoms with Gasteiger partial charge in [0.1, 0.15) is 0 Å². The number of ether oxygens (including phenoxy) is 2. The Hall–Kier alpha value is -0.160. The second-order valence-electron chi connectivity index (χ2n) is 4.46. The van der Waals surface area contributed by atoms with Crippen LogP contribution in [0.4, 0.5) is 0 Å². The summed E-state index contributed by atoms with van der Waals surface area (Å²) in [6, 6.07) is 0.312. The summed E-state index contributed by atoms with van der Waals surface area (Å²) in [4.78, 5) is 0. The normalized spacial score (nSPS) is 21.8. The van der Waals surface area contributed by atoms with Crippen LogP contribution in [0.3, 0.4) is 0 Å². The molecule has 4 heteroatoms. The molecule has 0 aromatic rings. The first-order chi connectivity index (χ1) is 7.14. The van der Waals surface area contributed by atoms with Crippen molar-refractivity contribution >= 4 is 0 Å². The lowest BCUT2D eigenvalue weighted by atomic mass is 10.2. The van der Waals surface area contributed by atoms with E-state index in [1.54, 1.807) is 0 Å². The Labute approximate surface area is 92.0 Å². The lowest BCUT2D eigenvalue weighted by molar-refractivity contribution is -0.252. The number of aliphatic hydroxyl groups excluding tert-OH is 1. The van der Waals surface area contributed by atoms with E-state index in [9.17, 15) is 0 Å². The summed E-state index contributed by atoms with van der Waals surface area (Å²) in [6.07, 6.45) is 3.07. The fourth-order valence-corrected chi connectivity index (χ4v) is 1.53. The minimum atomic E-state index is -0.422. The van der Waals surface area contributed by atoms with Gasteiger partial charge in [0, 0.05) is 6.61 Å². The van der Waals surface area contributed by atoms with Gasteiger partial charge in [0.2, 0.25) is 0 Å². The van der Waals surface area contributed by atoms with Crippen LogP contribution in [0.5, 0.6) is 0 Å². The maximum Gasteiger partial charge on any atom is 0.162 e. The van der Waals surface area contributed by atoms with Crippen molar-refractivity contribution in [3.63, 3.8) is 0 Å². The van der Waals surface area contributed by atoms with Crippen LogP contribution in [0, 0.1) is 0 Å². The Morgan fingerprint density at radius 2 is 1.87 bits per heavy atom. The molecule has 0 atom stereocenters. The van der Waals surface area contributed by atoms with Gasteiger partial charge in [0.05, 0.1) is 19.3 Å². The largest absolute Gasteiger partial charge is 0.396 e. The molecule has 2 N–H and O–H groups in total. The zero-order chi connectivity index (χ0) is 11.1. The van der Waals surface area contributed by atoms with Gasteiger partial charge in [-0.05, 0) is 39.7 Å². The van der Waals surface area contributed by atoms with Crippen molar-refractivity contribution in [3.05, 3.63) is 0 Å². The van der Waals surface area contributed by atoms with Gasteiger partial charge in [0.15, 0.2) is 5.79 Å². The highest BCUT2D eigenvalue weighted by atomic mass is 16.7. The summed E-state index contributed by atoms with van der Waals surface area (Å²) in [5.74, 6) is -0.422. The molecule has 1 saturated heterocycles. The van der Waals surface area contributed by atoms with Crippen molar-refractivity contribution in [2.24, 2.45) is 0 Å². The van der Waals surface area contributed by atoms with Crippen LogP contribution in [0.1, 0.15) is 33.1 Å². The molecule has 0 aromatic heterocycles. The highest BCUT2D eigenvalue weighted by Gasteiger charge is 2.27. The third-order valence-electron chi connectivity index (χ3n) is 2.53. The molecule has 1 fully saturated rings. The third kappa shape index (κ3) is 5.47. The Kier molecular flexibility index (Phi) is 5.53. The van der Waals surface area contributed by atoms with Gasteiger partial charge in [-0.3, -0.25) is 0 Å². The van der Waals surface area contributed by atoms with Gasteiger partial charge >= 0.3 is 0 Å². The van der Waals surface area contributed by atoms with Crippen LogP contribution < -0.4 is 5.32 Å². The topological polar surface area (TPSA) is 50.7 Å². The van der Waals surface area contributed by atoms with Crippen molar-refractivity contribution in [3.8, 4) is 0 Å². The van der Waals surface area contributed by atoms with Gasteiger partial charge < -0.3 is 19.9 Å². The first kappa shape index (κ1) is 12.9. The molecule has 0 unspecified atom stereocenters. The molecule has 4 nitrogen and oxygen atoms in total. The van der Waals surface area contributed by atoms with E-state index in [1.807, 2.05) is 13.8 Å². The predicted molar refractivity (Wildman–Crippen MR) is 58.7 cm³/mol. The average molecular weight is 217 g/mol. The van der Waals surface area contributed by atoms with Crippen molar-refractivity contribution in [2.45, 2.75) is 44.9 Å². The molecule has 1 aliphatic heterocycles. The Morgan fingerprint density at radius 1 is 1.20 bits per heavy atom. The standard InChI is InChI=1S/C11H23NO3/c1-11(2)14-8-10(9-15-11)12-6-4-3-5-7-13/h10,12-13H,3-9H2,1-2H3. The van der Waals surface area contributed by atoms with Crippen molar-refractivity contribution < 1.29 is 14.6 Å². The van der Waals surface area contributed by atoms with Crippen molar-refractivity contribution in [2.75, 3.05) is 26.4 Å². The van der Waals surface area contributed by atoms with E-state index in [-0.39, 0.29) is 0 Å². The van der Waals surface area contributed by atoms with Crippen molar-refractivity contribution in [1.29, 1.82) is 0 Å². The van der Waals surface area contributed by atoms with E-state index < -0.39 is 5.79 Å². The summed E-state index contributed by atoms with van der Waals surface area (Å²) < 4.78 is 11.1. The van der Waals surface area contributed by atoms with E-state index in [0.29, 0.717) is 25.9 Å². The number of nitrogens with one attached hydrogen (secondary N) is 1. The lowest BCUT2D eigenvalue weighted by Crippen LogP contribution is -2.48. The van der Waals surface area contributed by atoms with Gasteiger partial charge in [-0.15, -0.1) is 0 Å². The summed E-state index contributed by atoms with van der Waals surface area (Å²) in [5, 5.41) is 12.0. The minimum Gasteiger partial charge on any atom is -0.396 e. The zero-order valence-corrected chi connectivity index (χ0v) is 9.79. The molecule has 0 bridgehead atoms. The monoisotopic (exact) mass is 217 g/mol. The second kappa shape index (κ2) is 6.43. The van der Waals surface area contributed by atoms with E-state index in [0.717, 1.165) is 25.8 Å². The molecule has 1 heterocycles. The van der Waals surface area contributed by atoms with Crippen molar-refractivity contribution in [1.82, 2.24) is 5.32 Å². The van der Waals surface area contributed by atoms with E-state index in [1.165, 1.54) is 0 Å². The van der Waals surface area contributed by atoms with Crippen LogP contribution >= 0.6 is 0 Å².